The molecule has 140 valence electrons. The quantitative estimate of drug-likeness (QED) is 0.265. The van der Waals surface area contributed by atoms with Crippen molar-refractivity contribution < 1.29 is 9.72 Å². The van der Waals surface area contributed by atoms with Gasteiger partial charge in [0.05, 0.1) is 22.3 Å². The Kier molecular flexibility index (Phi) is 4.83. The Morgan fingerprint density at radius 2 is 2.07 bits per heavy atom. The monoisotopic (exact) mass is 372 g/mol. The summed E-state index contributed by atoms with van der Waals surface area (Å²) in [4.78, 5) is 52.2. The number of rotatable bonds is 7. The summed E-state index contributed by atoms with van der Waals surface area (Å²) in [6.45, 7) is 0.174. The molecule has 1 amide bonds. The minimum Gasteiger partial charge on any atom is -0.370 e. The number of benzene rings is 1. The summed E-state index contributed by atoms with van der Waals surface area (Å²) >= 11 is 0. The highest BCUT2D eigenvalue weighted by molar-refractivity contribution is 5.82. The Hall–Kier alpha value is -3.76. The van der Waals surface area contributed by atoms with Crippen LogP contribution >= 0.6 is 0 Å². The molecule has 3 aromatic rings. The van der Waals surface area contributed by atoms with Crippen molar-refractivity contribution in [1.82, 2.24) is 19.1 Å². The zero-order chi connectivity index (χ0) is 19.6. The topological polar surface area (TPSA) is 159 Å². The first-order valence-electron chi connectivity index (χ1n) is 8.10. The van der Waals surface area contributed by atoms with Gasteiger partial charge in [-0.3, -0.25) is 24.5 Å². The van der Waals surface area contributed by atoms with Crippen LogP contribution < -0.4 is 16.9 Å². The number of nitro benzene ring substituents is 1. The molecule has 0 atom stereocenters. The number of H-pyrrole nitrogens is 1. The number of aromatic amines is 1. The normalized spacial score (nSPS) is 11.0. The SMILES string of the molecule is NC(=O)CCCCn1c(=O)c(=O)[nH]c2cc([N+](=O)[O-])c(-n3ccnc3)cc21. The highest BCUT2D eigenvalue weighted by atomic mass is 16.6. The molecule has 0 aliphatic rings. The molecule has 11 nitrogen and oxygen atoms in total. The van der Waals surface area contributed by atoms with Crippen LogP contribution in [0.5, 0.6) is 0 Å². The van der Waals surface area contributed by atoms with E-state index in [0.29, 0.717) is 18.4 Å². The second kappa shape index (κ2) is 7.23. The van der Waals surface area contributed by atoms with Gasteiger partial charge in [-0.15, -0.1) is 0 Å². The number of nitro groups is 1. The van der Waals surface area contributed by atoms with E-state index in [4.69, 9.17) is 5.73 Å². The fraction of sp³-hybridized carbons (Fsp3) is 0.250. The fourth-order valence-electron chi connectivity index (χ4n) is 2.84. The van der Waals surface area contributed by atoms with Gasteiger partial charge in [-0.25, -0.2) is 4.98 Å². The molecule has 0 saturated carbocycles. The maximum absolute atomic E-state index is 12.3. The Bertz CT molecular complexity index is 1130. The van der Waals surface area contributed by atoms with Crippen molar-refractivity contribution in [2.24, 2.45) is 5.73 Å². The standard InChI is InChI=1S/C16H16N6O5/c17-14(23)3-1-2-5-21-11-8-12(20-6-4-18-9-20)13(22(26)27)7-10(11)19-15(24)16(21)25/h4,6-9H,1-3,5H2,(H2,17,23)(H,19,24). The van der Waals surface area contributed by atoms with Gasteiger partial charge in [0.1, 0.15) is 5.69 Å². The second-order valence-electron chi connectivity index (χ2n) is 5.92. The minimum atomic E-state index is -0.873. The van der Waals surface area contributed by atoms with Crippen LogP contribution in [-0.4, -0.2) is 29.9 Å². The summed E-state index contributed by atoms with van der Waals surface area (Å²) in [7, 11) is 0. The van der Waals surface area contributed by atoms with E-state index in [1.165, 1.54) is 40.0 Å². The van der Waals surface area contributed by atoms with Crippen molar-refractivity contribution >= 4 is 22.6 Å². The summed E-state index contributed by atoms with van der Waals surface area (Å²) in [6, 6.07) is 2.67. The van der Waals surface area contributed by atoms with Gasteiger partial charge in [0.2, 0.25) is 5.91 Å². The lowest BCUT2D eigenvalue weighted by Gasteiger charge is -2.12. The number of imidazole rings is 1. The molecule has 2 aromatic heterocycles. The van der Waals surface area contributed by atoms with Crippen LogP contribution in [0.1, 0.15) is 19.3 Å². The fourth-order valence-corrected chi connectivity index (χ4v) is 2.84. The molecule has 0 saturated heterocycles. The Morgan fingerprint density at radius 3 is 2.70 bits per heavy atom. The van der Waals surface area contributed by atoms with E-state index in [9.17, 15) is 24.5 Å². The smallest absolute Gasteiger partial charge is 0.316 e. The predicted octanol–water partition coefficient (Wildman–Crippen LogP) is 0.439. The van der Waals surface area contributed by atoms with Crippen molar-refractivity contribution in [1.29, 1.82) is 0 Å². The van der Waals surface area contributed by atoms with E-state index in [1.54, 1.807) is 0 Å². The Labute approximate surface area is 151 Å². The van der Waals surface area contributed by atoms with Crippen LogP contribution in [0, 0.1) is 10.1 Å². The maximum Gasteiger partial charge on any atom is 0.316 e. The van der Waals surface area contributed by atoms with Crippen molar-refractivity contribution in [3.8, 4) is 5.69 Å². The number of carbonyl (C=O) groups is 1. The van der Waals surface area contributed by atoms with Crippen LogP contribution in [0.3, 0.4) is 0 Å². The van der Waals surface area contributed by atoms with Crippen LogP contribution in [0.2, 0.25) is 0 Å². The third kappa shape index (κ3) is 3.61. The Balaban J connectivity index is 2.16. The lowest BCUT2D eigenvalue weighted by atomic mass is 10.2. The van der Waals surface area contributed by atoms with Crippen molar-refractivity contribution in [2.45, 2.75) is 25.8 Å². The largest absolute Gasteiger partial charge is 0.370 e. The lowest BCUT2D eigenvalue weighted by Crippen LogP contribution is -2.36. The van der Waals surface area contributed by atoms with Crippen LogP contribution in [0.15, 0.2) is 40.4 Å². The first-order valence-corrected chi connectivity index (χ1v) is 8.10. The number of hydrogen-bond donors (Lipinski definition) is 2. The number of unbranched alkanes of at least 4 members (excludes halogenated alkanes) is 1. The molecule has 0 radical (unpaired) electrons. The van der Waals surface area contributed by atoms with E-state index in [-0.39, 0.29) is 29.9 Å². The maximum atomic E-state index is 12.3. The third-order valence-electron chi connectivity index (χ3n) is 4.11. The average molecular weight is 372 g/mol. The van der Waals surface area contributed by atoms with E-state index in [1.807, 2.05) is 0 Å². The van der Waals surface area contributed by atoms with Crippen LogP contribution in [0.4, 0.5) is 5.69 Å². The molecule has 0 spiro atoms. The first kappa shape index (κ1) is 18.0. The molecule has 0 bridgehead atoms. The van der Waals surface area contributed by atoms with Crippen LogP contribution in [-0.2, 0) is 11.3 Å². The Morgan fingerprint density at radius 1 is 1.30 bits per heavy atom. The van der Waals surface area contributed by atoms with Gasteiger partial charge in [0.25, 0.3) is 5.69 Å². The molecule has 3 N–H and O–H groups in total. The molecule has 27 heavy (non-hydrogen) atoms. The molecule has 2 heterocycles. The predicted molar refractivity (Wildman–Crippen MR) is 95.7 cm³/mol. The number of aryl methyl sites for hydroxylation is 1. The number of nitrogens with zero attached hydrogens (tertiary/aromatic N) is 4. The van der Waals surface area contributed by atoms with Gasteiger partial charge >= 0.3 is 11.1 Å². The highest BCUT2D eigenvalue weighted by Crippen LogP contribution is 2.27. The first-order chi connectivity index (χ1) is 12.9. The van der Waals surface area contributed by atoms with Gasteiger partial charge < -0.3 is 19.9 Å². The zero-order valence-corrected chi connectivity index (χ0v) is 14.1. The van der Waals surface area contributed by atoms with Crippen molar-refractivity contribution in [2.75, 3.05) is 0 Å². The number of hydrogen-bond acceptors (Lipinski definition) is 6. The minimum absolute atomic E-state index is 0.168. The molecular formula is C16H16N6O5. The van der Waals surface area contributed by atoms with Gasteiger partial charge in [-0.2, -0.15) is 0 Å². The molecule has 0 aliphatic carbocycles. The summed E-state index contributed by atoms with van der Waals surface area (Å²) in [5.41, 5.74) is 3.94. The number of carbonyl (C=O) groups excluding carboxylic acids is 1. The third-order valence-corrected chi connectivity index (χ3v) is 4.11. The van der Waals surface area contributed by atoms with Crippen molar-refractivity contribution in [3.63, 3.8) is 0 Å². The van der Waals surface area contributed by atoms with E-state index >= 15 is 0 Å². The van der Waals surface area contributed by atoms with E-state index in [0.717, 1.165) is 0 Å². The number of fused-ring (bicyclic) bond motifs is 1. The van der Waals surface area contributed by atoms with E-state index in [2.05, 4.69) is 9.97 Å². The molecule has 0 fully saturated rings. The van der Waals surface area contributed by atoms with E-state index < -0.39 is 21.9 Å². The molecule has 0 unspecified atom stereocenters. The molecule has 3 rings (SSSR count). The lowest BCUT2D eigenvalue weighted by molar-refractivity contribution is -0.384. The average Bonchev–Trinajstić information content (AvgIpc) is 3.14. The number of amides is 1. The summed E-state index contributed by atoms with van der Waals surface area (Å²) in [6.07, 6.45) is 5.47. The van der Waals surface area contributed by atoms with Gasteiger partial charge in [-0.05, 0) is 18.9 Å². The van der Waals surface area contributed by atoms with Crippen LogP contribution in [0.25, 0.3) is 16.7 Å². The number of primary amides is 1. The van der Waals surface area contributed by atoms with Gasteiger partial charge in [0, 0.05) is 31.4 Å². The summed E-state index contributed by atoms with van der Waals surface area (Å²) in [5.74, 6) is -0.448. The molecule has 0 aliphatic heterocycles. The number of aromatic nitrogens is 4. The van der Waals surface area contributed by atoms with Gasteiger partial charge in [-0.1, -0.05) is 0 Å². The second-order valence-corrected chi connectivity index (χ2v) is 5.92. The molecular weight excluding hydrogens is 356 g/mol. The number of nitrogens with two attached hydrogens (primary N) is 1. The molecule has 1 aromatic carbocycles. The van der Waals surface area contributed by atoms with Crippen molar-refractivity contribution in [3.05, 3.63) is 61.7 Å². The number of nitrogens with one attached hydrogen (secondary N) is 1. The van der Waals surface area contributed by atoms with Gasteiger partial charge in [0.15, 0.2) is 0 Å². The highest BCUT2D eigenvalue weighted by Gasteiger charge is 2.19. The zero-order valence-electron chi connectivity index (χ0n) is 14.1. The summed E-state index contributed by atoms with van der Waals surface area (Å²) in [5, 5.41) is 11.4. The molecule has 11 heteroatoms. The summed E-state index contributed by atoms with van der Waals surface area (Å²) < 4.78 is 2.70.